The van der Waals surface area contributed by atoms with Gasteiger partial charge in [0, 0.05) is 0 Å². The Labute approximate surface area is 179 Å². The first-order valence-electron chi connectivity index (χ1n) is 7.45. The third-order valence-electron chi connectivity index (χ3n) is 4.13. The van der Waals surface area contributed by atoms with E-state index in [-0.39, 0.29) is 0 Å². The molecule has 0 aromatic carbocycles. The summed E-state index contributed by atoms with van der Waals surface area (Å²) in [6.45, 7) is 0. The predicted molar refractivity (Wildman–Crippen MR) is 62.7 cm³/mol. The van der Waals surface area contributed by atoms with Crippen LogP contribution in [0.25, 0.3) is 0 Å². The number of alkyl halides is 22. The van der Waals surface area contributed by atoms with E-state index in [0.717, 1.165) is 0 Å². The second-order valence-electron chi connectivity index (χ2n) is 6.44. The molecule has 0 aliphatic heterocycles. The molecule has 0 aliphatic rings. The van der Waals surface area contributed by atoms with Crippen LogP contribution in [0.4, 0.5) is 96.6 Å². The normalized spacial score (nSPS) is 17.3. The highest BCUT2D eigenvalue weighted by Crippen LogP contribution is 2.61. The molecule has 0 aromatic heterocycles. The van der Waals surface area contributed by atoms with Gasteiger partial charge in [0.2, 0.25) is 0 Å². The molecular weight excluding hydrogens is 594 g/mol. The molecule has 0 heterocycles. The molecule has 0 fully saturated rings. The number of aliphatic hydroxyl groups excluding tert-OH is 1. The summed E-state index contributed by atoms with van der Waals surface area (Å²) < 4.78 is 282. The lowest BCUT2D eigenvalue weighted by Crippen LogP contribution is -2.75. The van der Waals surface area contributed by atoms with Crippen LogP contribution in [0.2, 0.25) is 0 Å². The average Bonchev–Trinajstić information content (AvgIpc) is 2.60. The van der Waals surface area contributed by atoms with E-state index in [1.807, 2.05) is 0 Å². The van der Waals surface area contributed by atoms with Crippen LogP contribution < -0.4 is 0 Å². The fourth-order valence-electron chi connectivity index (χ4n) is 2.08. The lowest BCUT2D eigenvalue weighted by atomic mass is 9.82. The van der Waals surface area contributed by atoms with Crippen molar-refractivity contribution in [3.05, 3.63) is 0 Å². The highest BCUT2D eigenvalue weighted by molar-refractivity contribution is 5.96. The molecule has 0 saturated heterocycles. The van der Waals surface area contributed by atoms with Crippen molar-refractivity contribution in [2.24, 2.45) is 0 Å². The van der Waals surface area contributed by atoms with Crippen molar-refractivity contribution in [3.63, 3.8) is 0 Å². The summed E-state index contributed by atoms with van der Waals surface area (Å²) in [4.78, 5) is 10.8. The zero-order valence-electron chi connectivity index (χ0n) is 15.2. The third-order valence-corrected chi connectivity index (χ3v) is 4.13. The summed E-state index contributed by atoms with van der Waals surface area (Å²) in [5.41, 5.74) is -16.4. The monoisotopic (exact) mass is 596 g/mol. The smallest absolute Gasteiger partial charge is 0.383 e. The summed E-state index contributed by atoms with van der Waals surface area (Å²) >= 11 is 0. The number of rotatable bonds is 7. The van der Waals surface area contributed by atoms with Gasteiger partial charge in [-0.15, -0.1) is 0 Å². The molecule has 1 unspecified atom stereocenters. The Balaban J connectivity index is 7.18. The largest absolute Gasteiger partial charge is 0.439 e. The Morgan fingerprint density at radius 1 is 0.472 bits per heavy atom. The Morgan fingerprint density at radius 3 is 0.972 bits per heavy atom. The molecule has 1 atom stereocenters. The molecule has 0 aromatic rings. The van der Waals surface area contributed by atoms with Gasteiger partial charge in [0.1, 0.15) is 0 Å². The van der Waals surface area contributed by atoms with Crippen LogP contribution in [0.3, 0.4) is 0 Å². The third kappa shape index (κ3) is 4.28. The molecule has 1 N–H and O–H groups in total. The van der Waals surface area contributed by atoms with Crippen molar-refractivity contribution >= 4 is 5.78 Å². The van der Waals surface area contributed by atoms with Crippen LogP contribution in [0.1, 0.15) is 0 Å². The predicted octanol–water partition coefficient (Wildman–Crippen LogP) is 6.12. The lowest BCUT2D eigenvalue weighted by molar-refractivity contribution is -0.423. The Hall–Kier alpha value is -1.91. The van der Waals surface area contributed by atoms with E-state index in [1.165, 1.54) is 0 Å². The Bertz CT molecular complexity index is 796. The molecule has 0 radical (unpaired) electrons. The van der Waals surface area contributed by atoms with Gasteiger partial charge in [-0.3, -0.25) is 4.79 Å². The van der Waals surface area contributed by atoms with Crippen molar-refractivity contribution in [3.8, 4) is 0 Å². The second-order valence-corrected chi connectivity index (χ2v) is 6.44. The highest BCUT2D eigenvalue weighted by Gasteiger charge is 2.92. The van der Waals surface area contributed by atoms with E-state index in [4.69, 9.17) is 5.11 Å². The van der Waals surface area contributed by atoms with E-state index in [0.29, 0.717) is 0 Å². The maximum Gasteiger partial charge on any atom is 0.439 e. The molecule has 0 saturated carbocycles. The number of aliphatic hydroxyl groups is 1. The molecule has 0 amide bonds. The molecule has 36 heavy (non-hydrogen) atoms. The number of hydrogen-bond acceptors (Lipinski definition) is 2. The number of ketones is 1. The zero-order valence-corrected chi connectivity index (χ0v) is 15.2. The summed E-state index contributed by atoms with van der Waals surface area (Å²) in [6, 6.07) is 0. The molecule has 0 spiro atoms. The minimum Gasteiger partial charge on any atom is -0.383 e. The first kappa shape index (κ1) is 34.1. The highest BCUT2D eigenvalue weighted by atomic mass is 19.4. The number of halogens is 22. The molecule has 24 heteroatoms. The molecule has 0 rings (SSSR count). The van der Waals surface area contributed by atoms with Gasteiger partial charge in [-0.25, -0.2) is 8.78 Å². The van der Waals surface area contributed by atoms with Crippen LogP contribution >= 0.6 is 0 Å². The first-order valence-corrected chi connectivity index (χ1v) is 7.45. The number of hydrogen-bond donors (Lipinski definition) is 1. The number of carbonyl (C=O) groups excluding carboxylic acids is 1. The maximum atomic E-state index is 13.5. The SMILES string of the molecule is O=C(C(F)(F)C(F)(F)C(F)(F)C(F)(F)C(O)C(F)(C(F)(F)F)C(F)(F)F)C(F)(C(F)(F)F)C(F)(F)F. The van der Waals surface area contributed by atoms with Crippen LogP contribution in [0.15, 0.2) is 0 Å². The van der Waals surface area contributed by atoms with Crippen LogP contribution in [0.5, 0.6) is 0 Å². The van der Waals surface area contributed by atoms with Gasteiger partial charge < -0.3 is 5.11 Å². The molecule has 0 bridgehead atoms. The van der Waals surface area contributed by atoms with Crippen molar-refractivity contribution in [1.29, 1.82) is 0 Å². The van der Waals surface area contributed by atoms with Crippen molar-refractivity contribution in [2.75, 3.05) is 0 Å². The van der Waals surface area contributed by atoms with E-state index in [1.54, 1.807) is 0 Å². The zero-order chi connectivity index (χ0) is 30.2. The van der Waals surface area contributed by atoms with E-state index >= 15 is 0 Å². The minimum atomic E-state index is -8.98. The summed E-state index contributed by atoms with van der Waals surface area (Å²) in [6.07, 6.45) is -39.2. The van der Waals surface area contributed by atoms with Gasteiger partial charge in [0.15, 0.2) is 6.10 Å². The average molecular weight is 596 g/mol. The standard InChI is InChI=1S/C12H2F22O2/c13-3(9(23,24)25,10(26,27)28)1(35)5(15,16)7(19,20)8(21,22)6(17,18)2(36)4(14,11(29,30)31)12(32,33)34/h1,35H. The fraction of sp³-hybridized carbons (Fsp3) is 0.917. The first-order chi connectivity index (χ1) is 15.1. The van der Waals surface area contributed by atoms with E-state index < -0.39 is 71.6 Å². The van der Waals surface area contributed by atoms with Crippen LogP contribution in [-0.4, -0.2) is 76.7 Å². The van der Waals surface area contributed by atoms with Gasteiger partial charge in [-0.1, -0.05) is 0 Å². The van der Waals surface area contributed by atoms with Gasteiger partial charge >= 0.3 is 59.7 Å². The Morgan fingerprint density at radius 2 is 0.750 bits per heavy atom. The van der Waals surface area contributed by atoms with Gasteiger partial charge in [-0.05, 0) is 0 Å². The van der Waals surface area contributed by atoms with Gasteiger partial charge in [-0.2, -0.15) is 87.8 Å². The molecular formula is C12H2F22O2. The summed E-state index contributed by atoms with van der Waals surface area (Å²) in [5, 5.41) is 8.35. The fourth-order valence-corrected chi connectivity index (χ4v) is 2.08. The lowest BCUT2D eigenvalue weighted by Gasteiger charge is -2.43. The van der Waals surface area contributed by atoms with Gasteiger partial charge in [0.25, 0.3) is 5.78 Å². The minimum absolute atomic E-state index is 6.04. The van der Waals surface area contributed by atoms with Crippen molar-refractivity contribution < 1.29 is 106 Å². The van der Waals surface area contributed by atoms with Crippen LogP contribution in [-0.2, 0) is 4.79 Å². The molecule has 0 aliphatic carbocycles. The summed E-state index contributed by atoms with van der Waals surface area (Å²) in [5.74, 6) is -41.2. The van der Waals surface area contributed by atoms with E-state index in [9.17, 15) is 101 Å². The molecule has 216 valence electrons. The Kier molecular flexibility index (Phi) is 7.86. The number of Topliss-reactive ketones (excluding diaryl/α,β-unsaturated/α-hetero) is 1. The topological polar surface area (TPSA) is 37.3 Å². The van der Waals surface area contributed by atoms with Crippen molar-refractivity contribution in [2.45, 2.75) is 65.8 Å². The quantitative estimate of drug-likeness (QED) is 0.360. The van der Waals surface area contributed by atoms with E-state index in [2.05, 4.69) is 0 Å². The van der Waals surface area contributed by atoms with Crippen molar-refractivity contribution in [1.82, 2.24) is 0 Å². The maximum absolute atomic E-state index is 13.5. The molecule has 2 nitrogen and oxygen atoms in total. The number of carbonyl (C=O) groups is 1. The van der Waals surface area contributed by atoms with Gasteiger partial charge in [0.05, 0.1) is 0 Å². The summed E-state index contributed by atoms with van der Waals surface area (Å²) in [7, 11) is 0. The second kappa shape index (κ2) is 8.30. The van der Waals surface area contributed by atoms with Crippen LogP contribution in [0, 0.1) is 0 Å².